The van der Waals surface area contributed by atoms with Crippen molar-refractivity contribution in [3.8, 4) is 11.6 Å². The van der Waals surface area contributed by atoms with Crippen LogP contribution in [-0.2, 0) is 16.6 Å². The van der Waals surface area contributed by atoms with Crippen LogP contribution in [0.5, 0.6) is 11.6 Å². The Balaban J connectivity index is 1.59. The number of aromatic nitrogens is 2. The monoisotopic (exact) mass is 526 g/mol. The van der Waals surface area contributed by atoms with Crippen molar-refractivity contribution in [3.05, 3.63) is 82.9 Å². The molecule has 4 rings (SSSR count). The Morgan fingerprint density at radius 2 is 1.64 bits per heavy atom. The van der Waals surface area contributed by atoms with Crippen LogP contribution in [0.2, 0.25) is 5.02 Å². The molecule has 10 heteroatoms. The van der Waals surface area contributed by atoms with E-state index in [0.29, 0.717) is 28.4 Å². The maximum atomic E-state index is 13.0. The Morgan fingerprint density at radius 1 is 0.944 bits per heavy atom. The molecule has 36 heavy (non-hydrogen) atoms. The summed E-state index contributed by atoms with van der Waals surface area (Å²) in [5.41, 5.74) is 2.85. The number of anilines is 1. The van der Waals surface area contributed by atoms with Crippen molar-refractivity contribution in [1.82, 2.24) is 14.9 Å². The first-order chi connectivity index (χ1) is 17.2. The van der Waals surface area contributed by atoms with E-state index in [-0.39, 0.29) is 23.2 Å². The lowest BCUT2D eigenvalue weighted by Gasteiger charge is -2.15. The van der Waals surface area contributed by atoms with Gasteiger partial charge in [0, 0.05) is 6.54 Å². The Bertz CT molecular complexity index is 1460. The molecule has 0 atom stereocenters. The van der Waals surface area contributed by atoms with Gasteiger partial charge < -0.3 is 14.4 Å². The topological polar surface area (TPSA) is 93.7 Å². The highest BCUT2D eigenvalue weighted by atomic mass is 35.5. The quantitative estimate of drug-likeness (QED) is 0.314. The summed E-state index contributed by atoms with van der Waals surface area (Å²) in [5, 5.41) is 0.495. The van der Waals surface area contributed by atoms with E-state index in [0.717, 1.165) is 17.7 Å². The summed E-state index contributed by atoms with van der Waals surface area (Å²) >= 11 is 6.28. The standard InChI is InChI=1S/C26H27ClN4O4S/c1-18-8-11-20(12-9-18)36(32,33)30-25-26(29-23-7-5-4-6-22(23)28-25)35-17-19-10-13-21(27)24(16-19)34-15-14-31(2)3/h4-13,16H,14-15,17H2,1-3H3,(H,28,30). The Hall–Kier alpha value is -3.40. The van der Waals surface area contributed by atoms with Gasteiger partial charge in [-0.3, -0.25) is 4.72 Å². The molecule has 0 spiro atoms. The summed E-state index contributed by atoms with van der Waals surface area (Å²) in [5.74, 6) is 0.615. The molecular weight excluding hydrogens is 500 g/mol. The molecule has 0 fully saturated rings. The fourth-order valence-electron chi connectivity index (χ4n) is 3.29. The number of halogens is 1. The molecule has 0 radical (unpaired) electrons. The van der Waals surface area contributed by atoms with Crippen LogP contribution in [0.1, 0.15) is 11.1 Å². The molecule has 0 amide bonds. The third-order valence-corrected chi connectivity index (χ3v) is 6.94. The summed E-state index contributed by atoms with van der Waals surface area (Å²) in [7, 11) is 0.0178. The van der Waals surface area contributed by atoms with Crippen molar-refractivity contribution in [2.24, 2.45) is 0 Å². The highest BCUT2D eigenvalue weighted by Gasteiger charge is 2.20. The molecule has 188 valence electrons. The number of hydrogen-bond acceptors (Lipinski definition) is 7. The number of nitrogens with one attached hydrogen (secondary N) is 1. The predicted octanol–water partition coefficient (Wildman–Crippen LogP) is 4.91. The Morgan fingerprint density at radius 3 is 2.33 bits per heavy atom. The molecule has 1 N–H and O–H groups in total. The zero-order valence-electron chi connectivity index (χ0n) is 20.2. The van der Waals surface area contributed by atoms with Gasteiger partial charge in [-0.1, -0.05) is 47.5 Å². The number of likely N-dealkylation sites (N-methyl/N-ethyl adjacent to an activating group) is 1. The first-order valence-corrected chi connectivity index (χ1v) is 13.1. The van der Waals surface area contributed by atoms with E-state index in [4.69, 9.17) is 21.1 Å². The molecule has 0 saturated carbocycles. The van der Waals surface area contributed by atoms with Crippen LogP contribution < -0.4 is 14.2 Å². The number of rotatable bonds is 10. The number of benzene rings is 3. The number of hydrogen-bond donors (Lipinski definition) is 1. The van der Waals surface area contributed by atoms with Gasteiger partial charge in [0.05, 0.1) is 21.0 Å². The molecule has 0 aliphatic rings. The van der Waals surface area contributed by atoms with Gasteiger partial charge in [0.25, 0.3) is 15.9 Å². The summed E-state index contributed by atoms with van der Waals surface area (Å²) in [6.07, 6.45) is 0. The van der Waals surface area contributed by atoms with Crippen LogP contribution in [0.4, 0.5) is 5.82 Å². The van der Waals surface area contributed by atoms with Crippen molar-refractivity contribution >= 4 is 38.5 Å². The van der Waals surface area contributed by atoms with Crippen molar-refractivity contribution in [2.75, 3.05) is 32.0 Å². The number of sulfonamides is 1. The SMILES string of the molecule is Cc1ccc(S(=O)(=O)Nc2nc3ccccc3nc2OCc2ccc(Cl)c(OCCN(C)C)c2)cc1. The molecule has 0 aliphatic heterocycles. The summed E-state index contributed by atoms with van der Waals surface area (Å²) in [4.78, 5) is 11.1. The van der Waals surface area contributed by atoms with Crippen molar-refractivity contribution < 1.29 is 17.9 Å². The minimum Gasteiger partial charge on any atom is -0.491 e. The van der Waals surface area contributed by atoms with Crippen LogP contribution in [0.15, 0.2) is 71.6 Å². The van der Waals surface area contributed by atoms with Gasteiger partial charge in [0.2, 0.25) is 5.82 Å². The highest BCUT2D eigenvalue weighted by molar-refractivity contribution is 7.92. The van der Waals surface area contributed by atoms with E-state index in [1.54, 1.807) is 42.5 Å². The second-order valence-corrected chi connectivity index (χ2v) is 10.6. The van der Waals surface area contributed by atoms with Gasteiger partial charge in [0.1, 0.15) is 19.0 Å². The van der Waals surface area contributed by atoms with Gasteiger partial charge >= 0.3 is 0 Å². The van der Waals surface area contributed by atoms with E-state index >= 15 is 0 Å². The normalized spacial score (nSPS) is 11.6. The minimum atomic E-state index is -3.91. The third kappa shape index (κ3) is 6.42. The van der Waals surface area contributed by atoms with Gasteiger partial charge in [-0.05, 0) is 63.0 Å². The molecule has 4 aromatic rings. The molecule has 0 saturated heterocycles. The fourth-order valence-corrected chi connectivity index (χ4v) is 4.46. The number of nitrogens with zero attached hydrogens (tertiary/aromatic N) is 3. The average molecular weight is 527 g/mol. The summed E-state index contributed by atoms with van der Waals surface area (Å²) in [6.45, 7) is 3.22. The molecule has 1 heterocycles. The van der Waals surface area contributed by atoms with E-state index in [9.17, 15) is 8.42 Å². The Kier molecular flexibility index (Phi) is 7.93. The maximum Gasteiger partial charge on any atom is 0.263 e. The number of aryl methyl sites for hydroxylation is 1. The van der Waals surface area contributed by atoms with Crippen molar-refractivity contribution in [2.45, 2.75) is 18.4 Å². The van der Waals surface area contributed by atoms with Crippen molar-refractivity contribution in [1.29, 1.82) is 0 Å². The highest BCUT2D eigenvalue weighted by Crippen LogP contribution is 2.29. The van der Waals surface area contributed by atoms with E-state index < -0.39 is 10.0 Å². The molecule has 8 nitrogen and oxygen atoms in total. The number of para-hydroxylation sites is 2. The van der Waals surface area contributed by atoms with Crippen molar-refractivity contribution in [3.63, 3.8) is 0 Å². The number of ether oxygens (including phenoxy) is 2. The van der Waals surface area contributed by atoms with Crippen LogP contribution in [0.25, 0.3) is 11.0 Å². The van der Waals surface area contributed by atoms with E-state index in [1.807, 2.05) is 38.1 Å². The van der Waals surface area contributed by atoms with Crippen LogP contribution in [0.3, 0.4) is 0 Å². The average Bonchev–Trinajstić information content (AvgIpc) is 2.84. The van der Waals surface area contributed by atoms with Crippen LogP contribution >= 0.6 is 11.6 Å². The zero-order valence-corrected chi connectivity index (χ0v) is 21.8. The molecule has 3 aromatic carbocycles. The Labute approximate surface area is 215 Å². The lowest BCUT2D eigenvalue weighted by Crippen LogP contribution is -2.19. The molecule has 1 aromatic heterocycles. The summed E-state index contributed by atoms with van der Waals surface area (Å²) < 4.78 is 40.4. The van der Waals surface area contributed by atoms with Crippen LogP contribution in [-0.4, -0.2) is 50.5 Å². The van der Waals surface area contributed by atoms with E-state index in [2.05, 4.69) is 14.7 Å². The fraction of sp³-hybridized carbons (Fsp3) is 0.231. The molecule has 0 bridgehead atoms. The molecule has 0 unspecified atom stereocenters. The lowest BCUT2D eigenvalue weighted by molar-refractivity contribution is 0.259. The number of fused-ring (bicyclic) bond motifs is 1. The zero-order chi connectivity index (χ0) is 25.7. The van der Waals surface area contributed by atoms with Crippen LogP contribution in [0, 0.1) is 6.92 Å². The largest absolute Gasteiger partial charge is 0.491 e. The minimum absolute atomic E-state index is 0.00527. The van der Waals surface area contributed by atoms with E-state index in [1.165, 1.54) is 12.1 Å². The first kappa shape index (κ1) is 25.7. The second kappa shape index (κ2) is 11.1. The van der Waals surface area contributed by atoms with Gasteiger partial charge in [-0.25, -0.2) is 18.4 Å². The lowest BCUT2D eigenvalue weighted by atomic mass is 10.2. The third-order valence-electron chi connectivity index (χ3n) is 5.27. The second-order valence-electron chi connectivity index (χ2n) is 8.49. The smallest absolute Gasteiger partial charge is 0.263 e. The summed E-state index contributed by atoms with van der Waals surface area (Å²) in [6, 6.07) is 19.1. The van der Waals surface area contributed by atoms with Gasteiger partial charge in [-0.2, -0.15) is 0 Å². The molecular formula is C26H27ClN4O4S. The predicted molar refractivity (Wildman–Crippen MR) is 141 cm³/mol. The van der Waals surface area contributed by atoms with Gasteiger partial charge in [-0.15, -0.1) is 0 Å². The first-order valence-electron chi connectivity index (χ1n) is 11.3. The molecule has 0 aliphatic carbocycles. The maximum absolute atomic E-state index is 13.0. The van der Waals surface area contributed by atoms with Gasteiger partial charge in [0.15, 0.2) is 0 Å².